The van der Waals surface area contributed by atoms with Gasteiger partial charge in [-0.1, -0.05) is 6.07 Å². The molecule has 3 rings (SSSR count). The predicted molar refractivity (Wildman–Crippen MR) is 84.7 cm³/mol. The maximum absolute atomic E-state index is 11.9. The highest BCUT2D eigenvalue weighted by atomic mass is 32.2. The van der Waals surface area contributed by atoms with Crippen molar-refractivity contribution in [1.82, 2.24) is 29.5 Å². The number of rotatable bonds is 4. The molecule has 0 fully saturated rings. The molecule has 0 bridgehead atoms. The van der Waals surface area contributed by atoms with Crippen LogP contribution < -0.4 is 4.72 Å². The first-order valence-corrected chi connectivity index (χ1v) is 8.61. The third-order valence-corrected chi connectivity index (χ3v) is 3.51. The summed E-state index contributed by atoms with van der Waals surface area (Å²) in [5.41, 5.74) is 1.82. The van der Waals surface area contributed by atoms with Gasteiger partial charge in [0.25, 0.3) is 5.91 Å². The van der Waals surface area contributed by atoms with Gasteiger partial charge in [-0.25, -0.2) is 32.8 Å². The monoisotopic (exact) mass is 344 g/mol. The molecule has 9 nitrogen and oxygen atoms in total. The Balaban J connectivity index is 1.90. The van der Waals surface area contributed by atoms with Crippen LogP contribution in [0.1, 0.15) is 10.5 Å². The van der Waals surface area contributed by atoms with Crippen LogP contribution in [0.5, 0.6) is 0 Å². The Bertz CT molecular complexity index is 985. The van der Waals surface area contributed by atoms with E-state index in [1.807, 2.05) is 4.72 Å². The van der Waals surface area contributed by atoms with Gasteiger partial charge in [0.05, 0.1) is 30.5 Å². The quantitative estimate of drug-likeness (QED) is 0.728. The van der Waals surface area contributed by atoms with E-state index < -0.39 is 15.9 Å². The molecule has 0 saturated carbocycles. The van der Waals surface area contributed by atoms with Gasteiger partial charge in [0.15, 0.2) is 0 Å². The molecule has 0 atom stereocenters. The highest BCUT2D eigenvalue weighted by molar-refractivity contribution is 7.89. The molecule has 3 aromatic heterocycles. The fourth-order valence-electron chi connectivity index (χ4n) is 1.95. The molecule has 0 spiro atoms. The summed E-state index contributed by atoms with van der Waals surface area (Å²) in [6.45, 7) is 0. The fraction of sp³-hybridized carbons (Fsp3) is 0.0714. The van der Waals surface area contributed by atoms with Gasteiger partial charge in [-0.3, -0.25) is 4.79 Å². The third kappa shape index (κ3) is 3.60. The number of pyridine rings is 1. The van der Waals surface area contributed by atoms with E-state index in [1.165, 1.54) is 12.4 Å². The molecule has 0 aliphatic carbocycles. The average molecular weight is 344 g/mol. The van der Waals surface area contributed by atoms with Crippen molar-refractivity contribution in [2.45, 2.75) is 0 Å². The second kappa shape index (κ2) is 6.16. The van der Waals surface area contributed by atoms with Crippen molar-refractivity contribution in [3.63, 3.8) is 0 Å². The van der Waals surface area contributed by atoms with Gasteiger partial charge in [-0.2, -0.15) is 5.10 Å². The molecule has 0 unspecified atom stereocenters. The lowest BCUT2D eigenvalue weighted by atomic mass is 10.2. The smallest absolute Gasteiger partial charge is 0.266 e. The molecule has 3 heterocycles. The van der Waals surface area contributed by atoms with E-state index in [0.29, 0.717) is 16.9 Å². The van der Waals surface area contributed by atoms with Gasteiger partial charge in [0.1, 0.15) is 17.7 Å². The molecule has 1 N–H and O–H groups in total. The van der Waals surface area contributed by atoms with E-state index in [-0.39, 0.29) is 5.69 Å². The van der Waals surface area contributed by atoms with Crippen LogP contribution in [-0.4, -0.2) is 45.3 Å². The number of nitrogens with zero attached hydrogens (tertiary/aromatic N) is 5. The SMILES string of the molecule is CS(=O)(=O)NC(=O)c1cccc(-c2cnn(-c3cncnc3)c2)n1. The molecule has 1 amide bonds. The summed E-state index contributed by atoms with van der Waals surface area (Å²) in [4.78, 5) is 23.9. The maximum Gasteiger partial charge on any atom is 0.283 e. The van der Waals surface area contributed by atoms with Crippen LogP contribution in [0, 0.1) is 0 Å². The summed E-state index contributed by atoms with van der Waals surface area (Å²) in [5, 5.41) is 4.20. The standard InChI is InChI=1S/C14H12N6O3S/c1-24(22,23)19-14(21)13-4-2-3-12(18-13)10-5-17-20(8-10)11-6-15-9-16-7-11/h2-9H,1H3,(H,19,21). The molecule has 0 saturated heterocycles. The lowest BCUT2D eigenvalue weighted by molar-refractivity contribution is 0.0977. The predicted octanol–water partition coefficient (Wildman–Crippen LogP) is 0.414. The van der Waals surface area contributed by atoms with Crippen LogP contribution in [0.4, 0.5) is 0 Å². The number of hydrogen-bond acceptors (Lipinski definition) is 7. The normalized spacial score (nSPS) is 11.2. The van der Waals surface area contributed by atoms with Crippen molar-refractivity contribution >= 4 is 15.9 Å². The largest absolute Gasteiger partial charge is 0.283 e. The van der Waals surface area contributed by atoms with Crippen LogP contribution in [0.15, 0.2) is 49.3 Å². The summed E-state index contributed by atoms with van der Waals surface area (Å²) in [6, 6.07) is 4.74. The van der Waals surface area contributed by atoms with Crippen LogP contribution in [-0.2, 0) is 10.0 Å². The summed E-state index contributed by atoms with van der Waals surface area (Å²) in [6.07, 6.45) is 8.81. The fourth-order valence-corrected chi connectivity index (χ4v) is 2.39. The zero-order valence-electron chi connectivity index (χ0n) is 12.5. The number of sulfonamides is 1. The van der Waals surface area contributed by atoms with Crippen molar-refractivity contribution in [3.8, 4) is 16.9 Å². The van der Waals surface area contributed by atoms with E-state index in [9.17, 15) is 13.2 Å². The first-order valence-electron chi connectivity index (χ1n) is 6.72. The van der Waals surface area contributed by atoms with Gasteiger partial charge in [-0.15, -0.1) is 0 Å². The third-order valence-electron chi connectivity index (χ3n) is 2.95. The first kappa shape index (κ1) is 15.7. The lowest BCUT2D eigenvalue weighted by Gasteiger charge is -2.03. The Hall–Kier alpha value is -3.14. The highest BCUT2D eigenvalue weighted by Crippen LogP contribution is 2.18. The number of hydrogen-bond donors (Lipinski definition) is 1. The molecule has 0 radical (unpaired) electrons. The van der Waals surface area contributed by atoms with Crippen molar-refractivity contribution in [2.75, 3.05) is 6.26 Å². The Morgan fingerprint density at radius 3 is 2.62 bits per heavy atom. The Kier molecular flexibility index (Phi) is 4.04. The first-order chi connectivity index (χ1) is 11.4. The van der Waals surface area contributed by atoms with E-state index in [1.54, 1.807) is 41.6 Å². The zero-order valence-corrected chi connectivity index (χ0v) is 13.3. The van der Waals surface area contributed by atoms with Gasteiger partial charge < -0.3 is 0 Å². The molecule has 122 valence electrons. The molecule has 0 aliphatic rings. The van der Waals surface area contributed by atoms with Crippen molar-refractivity contribution in [1.29, 1.82) is 0 Å². The number of aromatic nitrogens is 5. The number of amides is 1. The number of carbonyl (C=O) groups is 1. The van der Waals surface area contributed by atoms with Crippen molar-refractivity contribution in [3.05, 3.63) is 55.0 Å². The lowest BCUT2D eigenvalue weighted by Crippen LogP contribution is -2.30. The van der Waals surface area contributed by atoms with E-state index in [4.69, 9.17) is 0 Å². The second-order valence-electron chi connectivity index (χ2n) is 4.88. The van der Waals surface area contributed by atoms with Crippen LogP contribution in [0.25, 0.3) is 16.9 Å². The molecule has 0 aromatic carbocycles. The molecule has 24 heavy (non-hydrogen) atoms. The van der Waals surface area contributed by atoms with Gasteiger partial charge >= 0.3 is 0 Å². The van der Waals surface area contributed by atoms with E-state index in [2.05, 4.69) is 20.1 Å². The molecule has 10 heteroatoms. The Labute approximate surface area is 137 Å². The molecular formula is C14H12N6O3S. The second-order valence-corrected chi connectivity index (χ2v) is 6.63. The minimum absolute atomic E-state index is 0.00582. The van der Waals surface area contributed by atoms with Crippen LogP contribution >= 0.6 is 0 Å². The minimum Gasteiger partial charge on any atom is -0.266 e. The van der Waals surface area contributed by atoms with Gasteiger partial charge in [0.2, 0.25) is 10.0 Å². The topological polar surface area (TPSA) is 120 Å². The Morgan fingerprint density at radius 2 is 1.92 bits per heavy atom. The highest BCUT2D eigenvalue weighted by Gasteiger charge is 2.14. The van der Waals surface area contributed by atoms with Gasteiger partial charge in [0, 0.05) is 11.8 Å². The number of carbonyl (C=O) groups excluding carboxylic acids is 1. The summed E-state index contributed by atoms with van der Waals surface area (Å²) >= 11 is 0. The summed E-state index contributed by atoms with van der Waals surface area (Å²) < 4.78 is 25.7. The maximum atomic E-state index is 11.9. The van der Waals surface area contributed by atoms with Crippen molar-refractivity contribution in [2.24, 2.45) is 0 Å². The van der Waals surface area contributed by atoms with Crippen LogP contribution in [0.2, 0.25) is 0 Å². The van der Waals surface area contributed by atoms with E-state index in [0.717, 1.165) is 6.26 Å². The van der Waals surface area contributed by atoms with Crippen molar-refractivity contribution < 1.29 is 13.2 Å². The molecular weight excluding hydrogens is 332 g/mol. The average Bonchev–Trinajstić information content (AvgIpc) is 3.04. The van der Waals surface area contributed by atoms with E-state index >= 15 is 0 Å². The molecule has 0 aliphatic heterocycles. The van der Waals surface area contributed by atoms with Crippen LogP contribution in [0.3, 0.4) is 0 Å². The molecule has 3 aromatic rings. The summed E-state index contributed by atoms with van der Waals surface area (Å²) in [7, 11) is -3.65. The zero-order chi connectivity index (χ0) is 17.2. The van der Waals surface area contributed by atoms with Gasteiger partial charge in [-0.05, 0) is 12.1 Å². The number of nitrogens with one attached hydrogen (secondary N) is 1. The summed E-state index contributed by atoms with van der Waals surface area (Å²) in [5.74, 6) is -0.789. The Morgan fingerprint density at radius 1 is 1.17 bits per heavy atom. The minimum atomic E-state index is -3.65.